The monoisotopic (exact) mass is 875 g/mol. The first-order chi connectivity index (χ1) is 28.9. The maximum atomic E-state index is 13.6. The van der Waals surface area contributed by atoms with Gasteiger partial charge in [-0.2, -0.15) is 4.98 Å². The molecule has 2 aromatic heterocycles. The van der Waals surface area contributed by atoms with Crippen molar-refractivity contribution in [3.05, 3.63) is 16.7 Å². The van der Waals surface area contributed by atoms with E-state index in [2.05, 4.69) is 36.2 Å². The van der Waals surface area contributed by atoms with Crippen molar-refractivity contribution in [3.63, 3.8) is 0 Å². The van der Waals surface area contributed by atoms with E-state index in [1.54, 1.807) is 0 Å². The number of amides is 4. The summed E-state index contributed by atoms with van der Waals surface area (Å²) in [7, 11) is 0. The third-order valence-electron chi connectivity index (χ3n) is 10.2. The Hall–Kier alpha value is -4.49. The number of aliphatic hydroxyl groups excluding tert-OH is 8. The lowest BCUT2D eigenvalue weighted by Crippen LogP contribution is -2.64. The fourth-order valence-electron chi connectivity index (χ4n) is 6.92. The van der Waals surface area contributed by atoms with Crippen LogP contribution in [0.5, 0.6) is 0 Å². The van der Waals surface area contributed by atoms with E-state index in [4.69, 9.17) is 29.4 Å². The summed E-state index contributed by atoms with van der Waals surface area (Å²) >= 11 is 0. The van der Waals surface area contributed by atoms with Crippen LogP contribution in [0, 0.1) is 0 Å². The number of carbonyl (C=O) groups excluding carboxylic acids is 4. The highest BCUT2D eigenvalue weighted by atomic mass is 16.7. The largest absolute Gasteiger partial charge is 0.394 e. The Morgan fingerprint density at radius 3 is 2.26 bits per heavy atom. The molecule has 3 aliphatic rings. The van der Waals surface area contributed by atoms with Crippen LogP contribution in [0.15, 0.2) is 11.1 Å². The Labute approximate surface area is 345 Å². The number of nitrogens with zero attached hydrogens (tertiary/aromatic N) is 3. The van der Waals surface area contributed by atoms with Crippen LogP contribution in [0.1, 0.15) is 39.3 Å². The zero-order chi connectivity index (χ0) is 44.7. The molecule has 0 spiro atoms. The Kier molecular flexibility index (Phi) is 16.4. The summed E-state index contributed by atoms with van der Waals surface area (Å²) < 4.78 is 28.6. The molecule has 0 radical (unpaired) electrons. The minimum Gasteiger partial charge on any atom is -0.394 e. The lowest BCUT2D eigenvalue weighted by atomic mass is 9.97. The van der Waals surface area contributed by atoms with Gasteiger partial charge < -0.3 is 91.5 Å². The normalized spacial score (nSPS) is 33.2. The van der Waals surface area contributed by atoms with Crippen molar-refractivity contribution >= 4 is 40.7 Å². The molecule has 5 rings (SSSR count). The summed E-state index contributed by atoms with van der Waals surface area (Å²) in [6.07, 6.45) is -16.9. The number of anilines is 1. The number of aliphatic hydroxyl groups is 8. The van der Waals surface area contributed by atoms with Crippen LogP contribution in [0.4, 0.5) is 5.95 Å². The Bertz CT molecular complexity index is 1890. The van der Waals surface area contributed by atoms with Crippen LogP contribution >= 0.6 is 0 Å². The zero-order valence-electron chi connectivity index (χ0n) is 33.0. The molecule has 15 N–H and O–H groups in total. The first-order valence-corrected chi connectivity index (χ1v) is 19.3. The third-order valence-corrected chi connectivity index (χ3v) is 10.2. The highest BCUT2D eigenvalue weighted by Gasteiger charge is 2.47. The second-order valence-electron chi connectivity index (χ2n) is 14.8. The molecule has 342 valence electrons. The molecular formula is C34H53N9O18. The summed E-state index contributed by atoms with van der Waals surface area (Å²) in [5, 5.41) is 91.9. The highest BCUT2D eigenvalue weighted by molar-refractivity contribution is 5.88. The molecule has 0 saturated carbocycles. The predicted molar refractivity (Wildman–Crippen MR) is 200 cm³/mol. The van der Waals surface area contributed by atoms with E-state index in [-0.39, 0.29) is 49.5 Å². The molecule has 27 nitrogen and oxygen atoms in total. The maximum Gasteiger partial charge on any atom is 0.280 e. The van der Waals surface area contributed by atoms with Crippen molar-refractivity contribution in [1.82, 2.24) is 40.8 Å². The van der Waals surface area contributed by atoms with Crippen molar-refractivity contribution in [2.24, 2.45) is 0 Å². The molecule has 0 aromatic carbocycles. The standard InChI is InChI=1S/C34H53N9O18/c1-12-21(48)25(52)27(54)33(59-12)58-9-17(46)36-6-4-3-5-14(40-18(47)10-57-32-19(39-13(2)45)24(51)23(50)16(8-44)61-32)29(55)37-7-15-22(49)26(53)31(60-15)43-11-38-20-28(43)41-34(35)42-30(20)56/h11-12,14-16,19,21-27,31-33,44,48-54H,3-10H2,1-2H3,(H,36,46)(H,37,55)(H,39,45)(H,40,47)(H3,35,41,42,56)/t12-,14-,15+,16+,19+,21+,22+,23+,24+,25+,26+,27-,31+,32+,33-/m0/s1. The number of nitrogens with two attached hydrogens (primary N) is 1. The number of H-pyrrole nitrogens is 1. The predicted octanol–water partition coefficient (Wildman–Crippen LogP) is -7.99. The van der Waals surface area contributed by atoms with Gasteiger partial charge in [-0.15, -0.1) is 0 Å². The molecule has 61 heavy (non-hydrogen) atoms. The summed E-state index contributed by atoms with van der Waals surface area (Å²) in [6, 6.07) is -2.63. The zero-order valence-corrected chi connectivity index (χ0v) is 33.0. The molecule has 0 unspecified atom stereocenters. The first-order valence-electron chi connectivity index (χ1n) is 19.3. The molecule has 3 saturated heterocycles. The van der Waals surface area contributed by atoms with Gasteiger partial charge in [-0.25, -0.2) is 4.98 Å². The van der Waals surface area contributed by atoms with E-state index in [9.17, 15) is 64.8 Å². The number of aromatic nitrogens is 4. The number of rotatable bonds is 18. The Morgan fingerprint density at radius 2 is 1.56 bits per heavy atom. The van der Waals surface area contributed by atoms with E-state index in [1.807, 2.05) is 0 Å². The number of ether oxygens (including phenoxy) is 5. The van der Waals surface area contributed by atoms with Gasteiger partial charge in [-0.3, -0.25) is 33.5 Å². The molecule has 2 aromatic rings. The van der Waals surface area contributed by atoms with Gasteiger partial charge in [0.2, 0.25) is 29.6 Å². The highest BCUT2D eigenvalue weighted by Crippen LogP contribution is 2.31. The number of fused-ring (bicyclic) bond motifs is 1. The van der Waals surface area contributed by atoms with Crippen LogP contribution in [-0.4, -0.2) is 203 Å². The minimum atomic E-state index is -1.65. The molecule has 5 heterocycles. The number of nitrogens with one attached hydrogen (secondary N) is 5. The first kappa shape index (κ1) is 47.6. The fourth-order valence-corrected chi connectivity index (χ4v) is 6.92. The number of imidazole rings is 1. The lowest BCUT2D eigenvalue weighted by molar-refractivity contribution is -0.291. The molecule has 3 fully saturated rings. The van der Waals surface area contributed by atoms with Crippen LogP contribution in [0.25, 0.3) is 11.2 Å². The number of hydrogen-bond acceptors (Lipinski definition) is 21. The number of aromatic amines is 1. The van der Waals surface area contributed by atoms with Crippen molar-refractivity contribution in [1.29, 1.82) is 0 Å². The smallest absolute Gasteiger partial charge is 0.280 e. The average Bonchev–Trinajstić information content (AvgIpc) is 3.76. The summed E-state index contributed by atoms with van der Waals surface area (Å²) in [5.74, 6) is -3.13. The van der Waals surface area contributed by atoms with Gasteiger partial charge in [-0.1, -0.05) is 0 Å². The second-order valence-corrected chi connectivity index (χ2v) is 14.8. The van der Waals surface area contributed by atoms with E-state index in [0.717, 1.165) is 13.3 Å². The lowest BCUT2D eigenvalue weighted by Gasteiger charge is -2.42. The van der Waals surface area contributed by atoms with Gasteiger partial charge >= 0.3 is 0 Å². The maximum absolute atomic E-state index is 13.6. The van der Waals surface area contributed by atoms with E-state index in [1.165, 1.54) is 11.5 Å². The molecular weight excluding hydrogens is 822 g/mol. The molecule has 27 heteroatoms. The van der Waals surface area contributed by atoms with E-state index in [0.29, 0.717) is 0 Å². The van der Waals surface area contributed by atoms with Gasteiger partial charge in [0, 0.05) is 20.0 Å². The van der Waals surface area contributed by atoms with Crippen LogP contribution in [-0.2, 0) is 42.9 Å². The molecule has 3 aliphatic heterocycles. The van der Waals surface area contributed by atoms with Gasteiger partial charge in [0.05, 0.1) is 19.0 Å². The van der Waals surface area contributed by atoms with E-state index >= 15 is 0 Å². The summed E-state index contributed by atoms with van der Waals surface area (Å²) in [5.41, 5.74) is 4.86. The van der Waals surface area contributed by atoms with Crippen LogP contribution in [0.3, 0.4) is 0 Å². The van der Waals surface area contributed by atoms with Crippen LogP contribution < -0.4 is 32.6 Å². The summed E-state index contributed by atoms with van der Waals surface area (Å²) in [6.45, 7) is 0.168. The molecule has 0 bridgehead atoms. The van der Waals surface area contributed by atoms with Crippen molar-refractivity contribution in [2.45, 2.75) is 125 Å². The van der Waals surface area contributed by atoms with E-state index < -0.39 is 141 Å². The van der Waals surface area contributed by atoms with Crippen molar-refractivity contribution in [3.8, 4) is 0 Å². The fraction of sp³-hybridized carbons (Fsp3) is 0.735. The number of carbonyl (C=O) groups is 4. The van der Waals surface area contributed by atoms with Gasteiger partial charge in [0.25, 0.3) is 5.56 Å². The van der Waals surface area contributed by atoms with Gasteiger partial charge in [-0.05, 0) is 26.2 Å². The Balaban J connectivity index is 1.18. The average molecular weight is 876 g/mol. The molecule has 4 amide bonds. The topological polar surface area (TPSA) is 414 Å². The second kappa shape index (κ2) is 21.1. The quantitative estimate of drug-likeness (QED) is 0.0618. The number of nitrogen functional groups attached to an aromatic ring is 1. The third kappa shape index (κ3) is 11.5. The van der Waals surface area contributed by atoms with Gasteiger partial charge in [0.1, 0.15) is 80.2 Å². The SMILES string of the molecule is CC(=O)N[C@H]1[C@H](OCC(=O)N[C@@H](CCCCNC(=O)CO[C@H]2O[C@@H](C)[C@@H](O)[C@@H](O)[C@@H]2O)C(=O)NC[C@H]2O[C@@H](n3cnc4c(=O)[nH]c(N)nc43)[C@H](O)[C@@H]2O)O[C@H](CO)[C@@H](O)[C@@H]1O. The van der Waals surface area contributed by atoms with Crippen LogP contribution in [0.2, 0.25) is 0 Å². The van der Waals surface area contributed by atoms with Crippen molar-refractivity contribution < 1.29 is 83.7 Å². The Morgan fingerprint density at radius 1 is 0.869 bits per heavy atom. The molecule has 15 atom stereocenters. The van der Waals surface area contributed by atoms with Crippen molar-refractivity contribution in [2.75, 3.05) is 38.6 Å². The summed E-state index contributed by atoms with van der Waals surface area (Å²) in [4.78, 5) is 73.5. The van der Waals surface area contributed by atoms with Gasteiger partial charge in [0.15, 0.2) is 30.0 Å². The minimum absolute atomic E-state index is 0.0297. The number of unbranched alkanes of at least 4 members (excludes halogenated alkanes) is 1. The molecule has 0 aliphatic carbocycles. The number of hydrogen-bond donors (Lipinski definition) is 14.